The first-order valence-electron chi connectivity index (χ1n) is 5.08. The van der Waals surface area contributed by atoms with Crippen LogP contribution in [-0.4, -0.2) is 18.6 Å². The first-order chi connectivity index (χ1) is 8.40. The third kappa shape index (κ3) is 2.28. The molecule has 0 fully saturated rings. The minimum absolute atomic E-state index is 0.0818. The second kappa shape index (κ2) is 4.30. The van der Waals surface area contributed by atoms with Crippen molar-refractivity contribution in [2.45, 2.75) is 18.7 Å². The number of nitrogens with zero attached hydrogens (tertiary/aromatic N) is 2. The zero-order chi connectivity index (χ0) is 13.3. The molecule has 0 unspecified atom stereocenters. The predicted molar refractivity (Wildman–Crippen MR) is 65.4 cm³/mol. The van der Waals surface area contributed by atoms with E-state index in [1.54, 1.807) is 26.0 Å². The number of aromatic nitrogens is 2. The van der Waals surface area contributed by atoms with E-state index >= 15 is 0 Å². The van der Waals surface area contributed by atoms with E-state index in [0.717, 1.165) is 0 Å². The van der Waals surface area contributed by atoms with Crippen LogP contribution in [0.1, 0.15) is 11.5 Å². The molecule has 1 aromatic heterocycles. The van der Waals surface area contributed by atoms with Gasteiger partial charge in [-0.25, -0.2) is 13.1 Å². The van der Waals surface area contributed by atoms with Crippen molar-refractivity contribution in [2.75, 3.05) is 10.5 Å². The van der Waals surface area contributed by atoms with E-state index in [9.17, 15) is 8.42 Å². The van der Waals surface area contributed by atoms with Crippen molar-refractivity contribution in [2.24, 2.45) is 0 Å². The number of sulfonamides is 1. The molecule has 8 heteroatoms. The highest BCUT2D eigenvalue weighted by Crippen LogP contribution is 2.22. The highest BCUT2D eigenvalue weighted by Gasteiger charge is 2.20. The minimum atomic E-state index is -3.78. The zero-order valence-corrected chi connectivity index (χ0v) is 10.7. The lowest BCUT2D eigenvalue weighted by Crippen LogP contribution is -2.15. The van der Waals surface area contributed by atoms with Gasteiger partial charge in [0.15, 0.2) is 0 Å². The molecule has 0 saturated carbocycles. The Morgan fingerprint density at radius 1 is 1.28 bits per heavy atom. The fourth-order valence-corrected chi connectivity index (χ4v) is 2.63. The average molecular weight is 268 g/mol. The number of benzene rings is 1. The van der Waals surface area contributed by atoms with Crippen LogP contribution in [0.5, 0.6) is 0 Å². The molecule has 1 heterocycles. The Hall–Kier alpha value is -2.09. The minimum Gasteiger partial charge on any atom is -0.408 e. The Balaban J connectivity index is 2.40. The summed E-state index contributed by atoms with van der Waals surface area (Å²) in [5.74, 6) is 0.275. The van der Waals surface area contributed by atoms with Crippen LogP contribution in [0.3, 0.4) is 0 Å². The highest BCUT2D eigenvalue weighted by molar-refractivity contribution is 7.92. The summed E-state index contributed by atoms with van der Waals surface area (Å²) in [4.78, 5) is 0.0818. The molecular formula is C10H12N4O3S. The van der Waals surface area contributed by atoms with Gasteiger partial charge < -0.3 is 10.2 Å². The molecule has 2 aromatic rings. The van der Waals surface area contributed by atoms with Crippen LogP contribution in [0, 0.1) is 13.8 Å². The Bertz CT molecular complexity index is 678. The normalized spacial score (nSPS) is 11.4. The van der Waals surface area contributed by atoms with E-state index in [1.807, 2.05) is 0 Å². The second-order valence-electron chi connectivity index (χ2n) is 3.70. The van der Waals surface area contributed by atoms with Gasteiger partial charge >= 0.3 is 6.01 Å². The van der Waals surface area contributed by atoms with Crippen molar-refractivity contribution in [1.82, 2.24) is 10.2 Å². The predicted octanol–water partition coefficient (Wildman–Crippen LogP) is 1.07. The Kier molecular flexibility index (Phi) is 2.95. The van der Waals surface area contributed by atoms with Crippen molar-refractivity contribution < 1.29 is 12.8 Å². The Morgan fingerprint density at radius 3 is 2.61 bits per heavy atom. The maximum Gasteiger partial charge on any atom is 0.329 e. The standard InChI is InChI=1S/C10H12N4O3S/c1-6-8(11)4-3-5-9(6)18(15,16)14-10-13-12-7(2)17-10/h3-5H,11H2,1-2H3,(H,13,14). The van der Waals surface area contributed by atoms with E-state index in [2.05, 4.69) is 14.9 Å². The van der Waals surface area contributed by atoms with Gasteiger partial charge in [0.05, 0.1) is 4.90 Å². The Morgan fingerprint density at radius 2 is 2.00 bits per heavy atom. The lowest BCUT2D eigenvalue weighted by Gasteiger charge is -2.08. The van der Waals surface area contributed by atoms with Gasteiger partial charge in [-0.05, 0) is 24.6 Å². The van der Waals surface area contributed by atoms with Crippen LogP contribution in [-0.2, 0) is 10.0 Å². The number of nitrogen functional groups attached to an aromatic ring is 1. The zero-order valence-electron chi connectivity index (χ0n) is 9.84. The number of nitrogens with one attached hydrogen (secondary N) is 1. The quantitative estimate of drug-likeness (QED) is 0.805. The van der Waals surface area contributed by atoms with Crippen LogP contribution < -0.4 is 10.5 Å². The third-order valence-corrected chi connectivity index (χ3v) is 3.83. The SMILES string of the molecule is Cc1nnc(NS(=O)(=O)c2cccc(N)c2C)o1. The van der Waals surface area contributed by atoms with Crippen molar-refractivity contribution in [3.63, 3.8) is 0 Å². The van der Waals surface area contributed by atoms with Crippen LogP contribution >= 0.6 is 0 Å². The van der Waals surface area contributed by atoms with Crippen molar-refractivity contribution >= 4 is 21.7 Å². The molecule has 0 aliphatic heterocycles. The number of rotatable bonds is 3. The van der Waals surface area contributed by atoms with Gasteiger partial charge in [0, 0.05) is 12.6 Å². The van der Waals surface area contributed by atoms with E-state index in [0.29, 0.717) is 11.3 Å². The number of anilines is 2. The lowest BCUT2D eigenvalue weighted by atomic mass is 10.2. The van der Waals surface area contributed by atoms with Crippen molar-refractivity contribution in [3.05, 3.63) is 29.7 Å². The summed E-state index contributed by atoms with van der Waals surface area (Å²) in [6, 6.07) is 4.48. The number of hydrogen-bond acceptors (Lipinski definition) is 6. The molecule has 0 amide bonds. The summed E-state index contributed by atoms with van der Waals surface area (Å²) in [6.45, 7) is 3.19. The molecule has 0 radical (unpaired) electrons. The van der Waals surface area contributed by atoms with Gasteiger partial charge in [-0.15, -0.1) is 5.10 Å². The topological polar surface area (TPSA) is 111 Å². The third-order valence-electron chi connectivity index (χ3n) is 2.36. The van der Waals surface area contributed by atoms with Crippen LogP contribution in [0.15, 0.2) is 27.5 Å². The fourth-order valence-electron chi connectivity index (χ4n) is 1.43. The summed E-state index contributed by atoms with van der Waals surface area (Å²) in [7, 11) is -3.78. The summed E-state index contributed by atoms with van der Waals surface area (Å²) < 4.78 is 31.3. The van der Waals surface area contributed by atoms with Crippen molar-refractivity contribution in [3.8, 4) is 0 Å². The van der Waals surface area contributed by atoms with E-state index < -0.39 is 10.0 Å². The maximum atomic E-state index is 12.1. The van der Waals surface area contributed by atoms with Gasteiger partial charge in [-0.2, -0.15) is 0 Å². The van der Waals surface area contributed by atoms with Crippen LogP contribution in [0.4, 0.5) is 11.7 Å². The molecule has 7 nitrogen and oxygen atoms in total. The summed E-state index contributed by atoms with van der Waals surface area (Å²) >= 11 is 0. The van der Waals surface area contributed by atoms with Gasteiger partial charge in [0.1, 0.15) is 0 Å². The molecule has 0 aliphatic carbocycles. The molecule has 0 spiro atoms. The molecule has 18 heavy (non-hydrogen) atoms. The molecule has 0 aliphatic rings. The maximum absolute atomic E-state index is 12.1. The lowest BCUT2D eigenvalue weighted by molar-refractivity contribution is 0.534. The monoisotopic (exact) mass is 268 g/mol. The molecule has 2 rings (SSSR count). The Labute approximate surface area is 104 Å². The molecular weight excluding hydrogens is 256 g/mol. The molecule has 0 saturated heterocycles. The number of nitrogens with two attached hydrogens (primary N) is 1. The van der Waals surface area contributed by atoms with Crippen molar-refractivity contribution in [1.29, 1.82) is 0 Å². The average Bonchev–Trinajstić information content (AvgIpc) is 2.67. The highest BCUT2D eigenvalue weighted by atomic mass is 32.2. The smallest absolute Gasteiger partial charge is 0.329 e. The summed E-state index contributed by atoms with van der Waals surface area (Å²) in [5.41, 5.74) is 6.55. The van der Waals surface area contributed by atoms with E-state index in [4.69, 9.17) is 10.2 Å². The molecule has 96 valence electrons. The largest absolute Gasteiger partial charge is 0.408 e. The van der Waals surface area contributed by atoms with Gasteiger partial charge in [0.25, 0.3) is 10.0 Å². The molecule has 0 bridgehead atoms. The summed E-state index contributed by atoms with van der Waals surface area (Å²) in [5, 5.41) is 7.11. The fraction of sp³-hybridized carbons (Fsp3) is 0.200. The van der Waals surface area contributed by atoms with Crippen LogP contribution in [0.2, 0.25) is 0 Å². The van der Waals surface area contributed by atoms with Crippen LogP contribution in [0.25, 0.3) is 0 Å². The van der Waals surface area contributed by atoms with Gasteiger partial charge in [0.2, 0.25) is 5.89 Å². The van der Waals surface area contributed by atoms with Gasteiger partial charge in [-0.3, -0.25) is 0 Å². The summed E-state index contributed by atoms with van der Waals surface area (Å²) in [6.07, 6.45) is 0. The first kappa shape index (κ1) is 12.4. The number of aryl methyl sites for hydroxylation is 1. The first-order valence-corrected chi connectivity index (χ1v) is 6.56. The second-order valence-corrected chi connectivity index (χ2v) is 5.35. The van der Waals surface area contributed by atoms with Gasteiger partial charge in [-0.1, -0.05) is 11.2 Å². The van der Waals surface area contributed by atoms with E-state index in [-0.39, 0.29) is 16.8 Å². The van der Waals surface area contributed by atoms with E-state index in [1.165, 1.54) is 6.07 Å². The number of hydrogen-bond donors (Lipinski definition) is 2. The molecule has 1 aromatic carbocycles. The molecule has 3 N–H and O–H groups in total. The molecule has 0 atom stereocenters.